The number of hydrogen-bond acceptors (Lipinski definition) is 7. The summed E-state index contributed by atoms with van der Waals surface area (Å²) in [5.74, 6) is 2.41. The molecule has 1 aromatic carbocycles. The summed E-state index contributed by atoms with van der Waals surface area (Å²) in [5.41, 5.74) is 3.55. The fourth-order valence-corrected chi connectivity index (χ4v) is 5.88. The Bertz CT molecular complexity index is 1180. The Morgan fingerprint density at radius 2 is 2.04 bits per heavy atom. The summed E-state index contributed by atoms with van der Waals surface area (Å²) in [6.07, 6.45) is 6.69. The Morgan fingerprint density at radius 3 is 3.04 bits per heavy atom. The predicted octanol–water partition coefficient (Wildman–Crippen LogP) is 4.24. The second kappa shape index (κ2) is 6.10. The average Bonchev–Trinajstić information content (AvgIpc) is 3.41. The highest BCUT2D eigenvalue weighted by Gasteiger charge is 2.21. The zero-order valence-corrected chi connectivity index (χ0v) is 16.1. The molecule has 0 saturated heterocycles. The van der Waals surface area contributed by atoms with Gasteiger partial charge in [-0.1, -0.05) is 17.8 Å². The number of aromatic nitrogens is 4. The summed E-state index contributed by atoms with van der Waals surface area (Å²) in [4.78, 5) is 7.27. The molecule has 0 radical (unpaired) electrons. The maximum absolute atomic E-state index is 5.47. The van der Waals surface area contributed by atoms with Crippen molar-refractivity contribution in [3.05, 3.63) is 40.5 Å². The molecule has 0 atom stereocenters. The summed E-state index contributed by atoms with van der Waals surface area (Å²) in [6.45, 7) is 0.299. The third-order valence-electron chi connectivity index (χ3n) is 5.14. The lowest BCUT2D eigenvalue weighted by molar-refractivity contribution is 0.174. The molecule has 8 heteroatoms. The van der Waals surface area contributed by atoms with E-state index in [0.29, 0.717) is 6.79 Å². The molecule has 0 spiro atoms. The molecule has 0 N–H and O–H groups in total. The molecular weight excluding hydrogens is 380 g/mol. The van der Waals surface area contributed by atoms with Crippen molar-refractivity contribution in [1.29, 1.82) is 0 Å². The van der Waals surface area contributed by atoms with E-state index < -0.39 is 0 Å². The van der Waals surface area contributed by atoms with E-state index in [9.17, 15) is 0 Å². The molecular formula is C19H16N4O2S2. The van der Waals surface area contributed by atoms with Gasteiger partial charge in [0.2, 0.25) is 6.79 Å². The molecule has 2 aliphatic rings. The van der Waals surface area contributed by atoms with Crippen molar-refractivity contribution >= 4 is 39.0 Å². The Balaban J connectivity index is 1.35. The minimum atomic E-state index is 0.299. The standard InChI is InChI=1S/C19H16N4O2S2/c1-2-4-15-12(3-1)16-17-21-22-19(23(17)9-20-18(16)27-15)26-8-11-5-6-13-14(7-11)25-10-24-13/h5-7,9H,1-4,8,10H2. The van der Waals surface area contributed by atoms with Crippen molar-refractivity contribution < 1.29 is 9.47 Å². The van der Waals surface area contributed by atoms with Crippen LogP contribution >= 0.6 is 23.1 Å². The van der Waals surface area contributed by atoms with Gasteiger partial charge in [-0.2, -0.15) is 0 Å². The molecule has 0 saturated carbocycles. The first-order valence-corrected chi connectivity index (χ1v) is 10.8. The minimum absolute atomic E-state index is 0.299. The van der Waals surface area contributed by atoms with Gasteiger partial charge in [-0.3, -0.25) is 4.40 Å². The van der Waals surface area contributed by atoms with Crippen molar-refractivity contribution in [2.24, 2.45) is 0 Å². The zero-order valence-electron chi connectivity index (χ0n) is 14.5. The van der Waals surface area contributed by atoms with Gasteiger partial charge in [-0.25, -0.2) is 4.98 Å². The normalized spacial score (nSPS) is 15.6. The lowest BCUT2D eigenvalue weighted by atomic mass is 9.97. The van der Waals surface area contributed by atoms with Crippen LogP contribution in [0.4, 0.5) is 0 Å². The second-order valence-electron chi connectivity index (χ2n) is 6.79. The van der Waals surface area contributed by atoms with Crippen LogP contribution in [-0.4, -0.2) is 26.4 Å². The first kappa shape index (κ1) is 15.7. The van der Waals surface area contributed by atoms with Gasteiger partial charge in [0.15, 0.2) is 22.3 Å². The quantitative estimate of drug-likeness (QED) is 0.483. The van der Waals surface area contributed by atoms with Crippen LogP contribution in [0.25, 0.3) is 15.9 Å². The van der Waals surface area contributed by atoms with Crippen LogP contribution in [0.5, 0.6) is 11.5 Å². The van der Waals surface area contributed by atoms with Gasteiger partial charge in [0, 0.05) is 10.6 Å². The molecule has 0 unspecified atom stereocenters. The fraction of sp³-hybridized carbons (Fsp3) is 0.316. The number of benzene rings is 1. The molecule has 4 heterocycles. The lowest BCUT2D eigenvalue weighted by Gasteiger charge is -2.10. The topological polar surface area (TPSA) is 61.5 Å². The van der Waals surface area contributed by atoms with E-state index in [2.05, 4.69) is 16.3 Å². The van der Waals surface area contributed by atoms with E-state index in [-0.39, 0.29) is 0 Å². The van der Waals surface area contributed by atoms with Gasteiger partial charge in [-0.15, -0.1) is 21.5 Å². The Kier molecular flexibility index (Phi) is 3.55. The van der Waals surface area contributed by atoms with Crippen LogP contribution in [0.1, 0.15) is 28.8 Å². The predicted molar refractivity (Wildman–Crippen MR) is 105 cm³/mol. The number of rotatable bonds is 3. The van der Waals surface area contributed by atoms with E-state index in [1.165, 1.54) is 40.7 Å². The monoisotopic (exact) mass is 396 g/mol. The second-order valence-corrected chi connectivity index (χ2v) is 8.81. The number of fused-ring (bicyclic) bond motifs is 6. The van der Waals surface area contributed by atoms with Crippen LogP contribution < -0.4 is 9.47 Å². The van der Waals surface area contributed by atoms with Crippen LogP contribution in [0.3, 0.4) is 0 Å². The number of nitrogens with zero attached hydrogens (tertiary/aromatic N) is 4. The minimum Gasteiger partial charge on any atom is -0.454 e. The maximum atomic E-state index is 5.47. The van der Waals surface area contributed by atoms with E-state index in [4.69, 9.17) is 14.5 Å². The van der Waals surface area contributed by atoms with Gasteiger partial charge in [0.25, 0.3) is 0 Å². The van der Waals surface area contributed by atoms with Crippen LogP contribution in [-0.2, 0) is 18.6 Å². The molecule has 1 aliphatic carbocycles. The first-order chi connectivity index (χ1) is 13.4. The highest BCUT2D eigenvalue weighted by atomic mass is 32.2. The molecule has 6 rings (SSSR count). The summed E-state index contributed by atoms with van der Waals surface area (Å²) in [6, 6.07) is 6.06. The molecule has 0 amide bonds. The van der Waals surface area contributed by atoms with E-state index in [1.807, 2.05) is 34.2 Å². The molecule has 0 bridgehead atoms. The molecule has 136 valence electrons. The van der Waals surface area contributed by atoms with Crippen molar-refractivity contribution in [1.82, 2.24) is 19.6 Å². The van der Waals surface area contributed by atoms with Gasteiger partial charge in [0.1, 0.15) is 11.2 Å². The summed E-state index contributed by atoms with van der Waals surface area (Å²) in [7, 11) is 0. The lowest BCUT2D eigenvalue weighted by Crippen LogP contribution is -1.99. The first-order valence-electron chi connectivity index (χ1n) is 9.02. The number of thioether (sulfide) groups is 1. The number of aryl methyl sites for hydroxylation is 2. The van der Waals surface area contributed by atoms with E-state index in [0.717, 1.165) is 39.3 Å². The Morgan fingerprint density at radius 1 is 1.11 bits per heavy atom. The Hall–Kier alpha value is -2.32. The highest BCUT2D eigenvalue weighted by Crippen LogP contribution is 2.38. The van der Waals surface area contributed by atoms with Crippen molar-refractivity contribution in [2.45, 2.75) is 36.6 Å². The Labute approximate surface area is 163 Å². The van der Waals surface area contributed by atoms with Crippen LogP contribution in [0.2, 0.25) is 0 Å². The van der Waals surface area contributed by atoms with Gasteiger partial charge in [-0.05, 0) is 48.9 Å². The molecule has 6 nitrogen and oxygen atoms in total. The number of thiophene rings is 1. The number of ether oxygens (including phenoxy) is 2. The maximum Gasteiger partial charge on any atom is 0.231 e. The molecule has 27 heavy (non-hydrogen) atoms. The molecule has 0 fully saturated rings. The summed E-state index contributed by atoms with van der Waals surface area (Å²) >= 11 is 3.48. The SMILES string of the molecule is c1cc2c(cc1CSc1nnc3c4c5c(sc4ncn13)CCCC5)OCO2. The molecule has 3 aromatic heterocycles. The smallest absolute Gasteiger partial charge is 0.231 e. The third-order valence-corrected chi connectivity index (χ3v) is 7.35. The van der Waals surface area contributed by atoms with Crippen molar-refractivity contribution in [3.63, 3.8) is 0 Å². The number of hydrogen-bond donors (Lipinski definition) is 0. The highest BCUT2D eigenvalue weighted by molar-refractivity contribution is 7.98. The fourth-order valence-electron chi connectivity index (χ4n) is 3.81. The molecule has 4 aromatic rings. The van der Waals surface area contributed by atoms with Gasteiger partial charge in [0.05, 0.1) is 5.39 Å². The van der Waals surface area contributed by atoms with Crippen LogP contribution in [0.15, 0.2) is 29.7 Å². The van der Waals surface area contributed by atoms with Crippen LogP contribution in [0, 0.1) is 0 Å². The molecule has 1 aliphatic heterocycles. The van der Waals surface area contributed by atoms with Crippen molar-refractivity contribution in [3.8, 4) is 11.5 Å². The van der Waals surface area contributed by atoms with E-state index >= 15 is 0 Å². The average molecular weight is 396 g/mol. The summed E-state index contributed by atoms with van der Waals surface area (Å²) < 4.78 is 12.9. The third kappa shape index (κ3) is 2.50. The summed E-state index contributed by atoms with van der Waals surface area (Å²) in [5, 5.41) is 11.0. The van der Waals surface area contributed by atoms with Gasteiger partial charge >= 0.3 is 0 Å². The van der Waals surface area contributed by atoms with E-state index in [1.54, 1.807) is 11.8 Å². The largest absolute Gasteiger partial charge is 0.454 e. The van der Waals surface area contributed by atoms with Crippen molar-refractivity contribution in [2.75, 3.05) is 6.79 Å². The zero-order chi connectivity index (χ0) is 17.8. The van der Waals surface area contributed by atoms with Gasteiger partial charge < -0.3 is 9.47 Å².